The first-order chi connectivity index (χ1) is 13.5. The molecule has 0 aliphatic heterocycles. The molecule has 0 aliphatic rings. The maximum Gasteiger partial charge on any atom is 0.335 e. The van der Waals surface area contributed by atoms with Crippen molar-refractivity contribution in [3.63, 3.8) is 0 Å². The zero-order valence-electron chi connectivity index (χ0n) is 15.2. The summed E-state index contributed by atoms with van der Waals surface area (Å²) in [7, 11) is 0. The van der Waals surface area contributed by atoms with Crippen LogP contribution >= 0.6 is 11.6 Å². The number of benzene rings is 3. The molecule has 4 aromatic rings. The maximum absolute atomic E-state index is 11.0. The molecule has 0 bridgehead atoms. The molecule has 4 nitrogen and oxygen atoms in total. The van der Waals surface area contributed by atoms with Gasteiger partial charge >= 0.3 is 5.97 Å². The van der Waals surface area contributed by atoms with Crippen LogP contribution in [0.2, 0.25) is 5.02 Å². The van der Waals surface area contributed by atoms with Crippen LogP contribution in [-0.4, -0.2) is 15.6 Å². The standard InChI is InChI=1S/C23H18ClNO3/c1-15-4-2-3-5-18(15)14-25-11-10-16-12-19(7-8-21(16)25)28-22-9-6-17(23(26)27)13-20(22)24/h2-13H,14H2,1H3,(H,26,27). The number of aromatic nitrogens is 1. The number of fused-ring (bicyclic) bond motifs is 1. The van der Waals surface area contributed by atoms with Gasteiger partial charge < -0.3 is 14.4 Å². The number of carboxylic acids is 1. The van der Waals surface area contributed by atoms with E-state index in [1.807, 2.05) is 24.3 Å². The first kappa shape index (κ1) is 18.1. The SMILES string of the molecule is Cc1ccccc1Cn1ccc2cc(Oc3ccc(C(=O)O)cc3Cl)ccc21. The molecule has 0 unspecified atom stereocenters. The Hall–Kier alpha value is -3.24. The van der Waals surface area contributed by atoms with Crippen LogP contribution in [0.25, 0.3) is 10.9 Å². The molecule has 0 saturated heterocycles. The lowest BCUT2D eigenvalue weighted by Crippen LogP contribution is -1.99. The van der Waals surface area contributed by atoms with Crippen LogP contribution in [0.3, 0.4) is 0 Å². The average molecular weight is 392 g/mol. The van der Waals surface area contributed by atoms with Gasteiger partial charge in [0.15, 0.2) is 0 Å². The number of hydrogen-bond acceptors (Lipinski definition) is 2. The molecule has 0 radical (unpaired) electrons. The summed E-state index contributed by atoms with van der Waals surface area (Å²) in [4.78, 5) is 11.0. The fourth-order valence-electron chi connectivity index (χ4n) is 3.19. The molecule has 1 N–H and O–H groups in total. The summed E-state index contributed by atoms with van der Waals surface area (Å²) in [5, 5.41) is 10.4. The normalized spacial score (nSPS) is 10.9. The summed E-state index contributed by atoms with van der Waals surface area (Å²) in [5.74, 6) is 0.0429. The second-order valence-corrected chi connectivity index (χ2v) is 7.05. The predicted molar refractivity (Wildman–Crippen MR) is 111 cm³/mol. The largest absolute Gasteiger partial charge is 0.478 e. The van der Waals surface area contributed by atoms with Crippen molar-refractivity contribution >= 4 is 28.5 Å². The predicted octanol–water partition coefficient (Wildman–Crippen LogP) is 6.14. The van der Waals surface area contributed by atoms with Crippen molar-refractivity contribution in [2.45, 2.75) is 13.5 Å². The van der Waals surface area contributed by atoms with Crippen LogP contribution in [0.5, 0.6) is 11.5 Å². The van der Waals surface area contributed by atoms with Gasteiger partial charge in [-0.15, -0.1) is 0 Å². The summed E-state index contributed by atoms with van der Waals surface area (Å²) < 4.78 is 8.07. The minimum Gasteiger partial charge on any atom is -0.478 e. The fraction of sp³-hybridized carbons (Fsp3) is 0.0870. The van der Waals surface area contributed by atoms with Crippen LogP contribution in [0.4, 0.5) is 0 Å². The molecule has 28 heavy (non-hydrogen) atoms. The fourth-order valence-corrected chi connectivity index (χ4v) is 3.41. The zero-order chi connectivity index (χ0) is 19.7. The second-order valence-electron chi connectivity index (χ2n) is 6.64. The van der Waals surface area contributed by atoms with Crippen LogP contribution in [0.1, 0.15) is 21.5 Å². The van der Waals surface area contributed by atoms with Crippen LogP contribution in [0.15, 0.2) is 72.9 Å². The molecule has 3 aromatic carbocycles. The molecule has 1 aromatic heterocycles. The number of nitrogens with zero attached hydrogens (tertiary/aromatic N) is 1. The Bertz CT molecular complexity index is 1180. The van der Waals surface area contributed by atoms with Gasteiger partial charge in [0.05, 0.1) is 10.6 Å². The third kappa shape index (κ3) is 3.59. The molecule has 4 rings (SSSR count). The Morgan fingerprint density at radius 1 is 1.07 bits per heavy atom. The van der Waals surface area contributed by atoms with Crippen molar-refractivity contribution in [1.29, 1.82) is 0 Å². The molecule has 1 heterocycles. The van der Waals surface area contributed by atoms with E-state index in [2.05, 4.69) is 42.0 Å². The third-order valence-electron chi connectivity index (χ3n) is 4.75. The van der Waals surface area contributed by atoms with Crippen molar-refractivity contribution in [2.75, 3.05) is 0 Å². The van der Waals surface area contributed by atoms with E-state index in [9.17, 15) is 4.79 Å². The van der Waals surface area contributed by atoms with Gasteiger partial charge in [0.2, 0.25) is 0 Å². The lowest BCUT2D eigenvalue weighted by molar-refractivity contribution is 0.0697. The van der Waals surface area contributed by atoms with E-state index in [4.69, 9.17) is 21.4 Å². The smallest absolute Gasteiger partial charge is 0.335 e. The Morgan fingerprint density at radius 3 is 2.64 bits per heavy atom. The summed E-state index contributed by atoms with van der Waals surface area (Å²) in [6, 6.07) is 20.7. The van der Waals surface area contributed by atoms with E-state index in [0.29, 0.717) is 11.5 Å². The van der Waals surface area contributed by atoms with Crippen LogP contribution < -0.4 is 4.74 Å². The molecular weight excluding hydrogens is 374 g/mol. The Morgan fingerprint density at radius 2 is 1.89 bits per heavy atom. The van der Waals surface area contributed by atoms with Crippen LogP contribution in [0, 0.1) is 6.92 Å². The number of aryl methyl sites for hydroxylation is 1. The quantitative estimate of drug-likeness (QED) is 0.444. The highest BCUT2D eigenvalue weighted by molar-refractivity contribution is 6.32. The number of rotatable bonds is 5. The van der Waals surface area contributed by atoms with Crippen molar-refractivity contribution < 1.29 is 14.6 Å². The van der Waals surface area contributed by atoms with E-state index in [0.717, 1.165) is 17.4 Å². The Balaban J connectivity index is 1.59. The minimum absolute atomic E-state index is 0.126. The monoisotopic (exact) mass is 391 g/mol. The Kier molecular flexibility index (Phi) is 4.80. The third-order valence-corrected chi connectivity index (χ3v) is 5.05. The molecule has 0 aliphatic carbocycles. The van der Waals surface area contributed by atoms with Crippen molar-refractivity contribution in [3.05, 3.63) is 94.6 Å². The van der Waals surface area contributed by atoms with Crippen molar-refractivity contribution in [1.82, 2.24) is 4.57 Å². The van der Waals surface area contributed by atoms with Gasteiger partial charge in [0, 0.05) is 23.6 Å². The maximum atomic E-state index is 11.0. The highest BCUT2D eigenvalue weighted by Crippen LogP contribution is 2.32. The number of halogens is 1. The lowest BCUT2D eigenvalue weighted by Gasteiger charge is -2.10. The summed E-state index contributed by atoms with van der Waals surface area (Å²) >= 11 is 6.16. The summed E-state index contributed by atoms with van der Waals surface area (Å²) in [6.45, 7) is 2.92. The van der Waals surface area contributed by atoms with Gasteiger partial charge in [0.1, 0.15) is 11.5 Å². The number of carbonyl (C=O) groups is 1. The average Bonchev–Trinajstić information content (AvgIpc) is 3.07. The van der Waals surface area contributed by atoms with E-state index < -0.39 is 5.97 Å². The topological polar surface area (TPSA) is 51.5 Å². The van der Waals surface area contributed by atoms with E-state index >= 15 is 0 Å². The van der Waals surface area contributed by atoms with Gasteiger partial charge in [-0.05, 0) is 60.5 Å². The van der Waals surface area contributed by atoms with Crippen molar-refractivity contribution in [2.24, 2.45) is 0 Å². The number of hydrogen-bond donors (Lipinski definition) is 1. The van der Waals surface area contributed by atoms with Gasteiger partial charge in [-0.3, -0.25) is 0 Å². The second kappa shape index (κ2) is 7.41. The van der Waals surface area contributed by atoms with Crippen molar-refractivity contribution in [3.8, 4) is 11.5 Å². The van der Waals surface area contributed by atoms with E-state index in [-0.39, 0.29) is 10.6 Å². The molecular formula is C23H18ClNO3. The molecule has 0 amide bonds. The van der Waals surface area contributed by atoms with E-state index in [1.165, 1.54) is 23.3 Å². The summed E-state index contributed by atoms with van der Waals surface area (Å²) in [5.41, 5.74) is 3.79. The molecule has 0 atom stereocenters. The molecule has 0 fully saturated rings. The molecule has 5 heteroatoms. The lowest BCUT2D eigenvalue weighted by atomic mass is 10.1. The van der Waals surface area contributed by atoms with Gasteiger partial charge in [-0.1, -0.05) is 35.9 Å². The minimum atomic E-state index is -1.02. The number of carboxylic acid groups (broad SMARTS) is 1. The number of aromatic carboxylic acids is 1. The highest BCUT2D eigenvalue weighted by Gasteiger charge is 2.10. The van der Waals surface area contributed by atoms with Crippen LogP contribution in [-0.2, 0) is 6.54 Å². The Labute approximate surface area is 167 Å². The summed E-state index contributed by atoms with van der Waals surface area (Å²) in [6.07, 6.45) is 2.06. The van der Waals surface area contributed by atoms with Gasteiger partial charge in [-0.25, -0.2) is 4.79 Å². The zero-order valence-corrected chi connectivity index (χ0v) is 16.0. The first-order valence-corrected chi connectivity index (χ1v) is 9.23. The van der Waals surface area contributed by atoms with Gasteiger partial charge in [0.25, 0.3) is 0 Å². The van der Waals surface area contributed by atoms with Gasteiger partial charge in [-0.2, -0.15) is 0 Å². The molecule has 140 valence electrons. The number of ether oxygens (including phenoxy) is 1. The molecule has 0 spiro atoms. The van der Waals surface area contributed by atoms with E-state index in [1.54, 1.807) is 6.07 Å². The highest BCUT2D eigenvalue weighted by atomic mass is 35.5. The first-order valence-electron chi connectivity index (χ1n) is 8.85. The molecule has 0 saturated carbocycles.